The van der Waals surface area contributed by atoms with Gasteiger partial charge in [0, 0.05) is 11.3 Å². The smallest absolute Gasteiger partial charge is 0.229 e. The third-order valence-corrected chi connectivity index (χ3v) is 2.63. The Labute approximate surface area is 87.1 Å². The first-order chi connectivity index (χ1) is 7.09. The number of rotatable bonds is 1. The van der Waals surface area contributed by atoms with E-state index in [1.807, 2.05) is 0 Å². The zero-order valence-corrected chi connectivity index (χ0v) is 8.40. The molecule has 80 valence electrons. The molecule has 1 aromatic rings. The highest BCUT2D eigenvalue weighted by Gasteiger charge is 2.30. The van der Waals surface area contributed by atoms with Gasteiger partial charge in [-0.25, -0.2) is 4.39 Å². The molecule has 1 unspecified atom stereocenters. The first kappa shape index (κ1) is 10.1. The van der Waals surface area contributed by atoms with Crippen molar-refractivity contribution in [3.8, 4) is 0 Å². The van der Waals surface area contributed by atoms with E-state index < -0.39 is 6.10 Å². The van der Waals surface area contributed by atoms with E-state index in [0.29, 0.717) is 11.3 Å². The second kappa shape index (κ2) is 3.62. The van der Waals surface area contributed by atoms with E-state index in [4.69, 9.17) is 0 Å². The fraction of sp³-hybridized carbons (Fsp3) is 0.364. The minimum atomic E-state index is -0.639. The van der Waals surface area contributed by atoms with Crippen LogP contribution in [0.5, 0.6) is 0 Å². The summed E-state index contributed by atoms with van der Waals surface area (Å²) in [5.74, 6) is -0.488. The van der Waals surface area contributed by atoms with Crippen molar-refractivity contribution in [3.63, 3.8) is 0 Å². The molecule has 1 aliphatic rings. The van der Waals surface area contributed by atoms with E-state index >= 15 is 0 Å². The van der Waals surface area contributed by atoms with Gasteiger partial charge in [-0.05, 0) is 19.1 Å². The Bertz CT molecular complexity index is 406. The zero-order chi connectivity index (χ0) is 11.0. The third kappa shape index (κ3) is 1.72. The van der Waals surface area contributed by atoms with Crippen LogP contribution in [0.1, 0.15) is 12.0 Å². The first-order valence-electron chi connectivity index (χ1n) is 4.83. The topological polar surface area (TPSA) is 40.5 Å². The number of β-amino-alcohol motifs (C(OH)–C–C–N with tert-alkyl or cyclic N) is 1. The number of aliphatic hydroxyl groups excluding tert-OH is 1. The predicted octanol–water partition coefficient (Wildman–Crippen LogP) is 1.23. The van der Waals surface area contributed by atoms with Gasteiger partial charge < -0.3 is 10.0 Å². The molecule has 1 atom stereocenters. The van der Waals surface area contributed by atoms with Crippen molar-refractivity contribution in [3.05, 3.63) is 29.6 Å². The number of carbonyl (C=O) groups excluding carboxylic acids is 1. The Morgan fingerprint density at radius 2 is 2.27 bits per heavy atom. The number of carbonyl (C=O) groups is 1. The van der Waals surface area contributed by atoms with Gasteiger partial charge in [0.1, 0.15) is 5.82 Å². The largest absolute Gasteiger partial charge is 0.391 e. The molecule has 0 saturated carbocycles. The second-order valence-corrected chi connectivity index (χ2v) is 3.75. The number of anilines is 1. The molecule has 0 aromatic heterocycles. The minimum Gasteiger partial charge on any atom is -0.391 e. The average molecular weight is 209 g/mol. The molecule has 2 rings (SSSR count). The van der Waals surface area contributed by atoms with Crippen molar-refractivity contribution in [2.75, 3.05) is 11.4 Å². The summed E-state index contributed by atoms with van der Waals surface area (Å²) in [6.07, 6.45) is -0.518. The van der Waals surface area contributed by atoms with Crippen LogP contribution in [-0.2, 0) is 4.79 Å². The van der Waals surface area contributed by atoms with Crippen molar-refractivity contribution in [2.45, 2.75) is 19.4 Å². The number of amides is 1. The van der Waals surface area contributed by atoms with E-state index in [0.717, 1.165) is 0 Å². The predicted molar refractivity (Wildman–Crippen MR) is 54.1 cm³/mol. The summed E-state index contributed by atoms with van der Waals surface area (Å²) in [4.78, 5) is 12.9. The lowest BCUT2D eigenvalue weighted by atomic mass is 10.2. The van der Waals surface area contributed by atoms with Gasteiger partial charge in [-0.15, -0.1) is 0 Å². The maximum atomic E-state index is 13.3. The summed E-state index contributed by atoms with van der Waals surface area (Å²) in [6.45, 7) is 1.88. The van der Waals surface area contributed by atoms with Crippen molar-refractivity contribution in [2.24, 2.45) is 0 Å². The molecule has 1 saturated heterocycles. The molecule has 4 heteroatoms. The Morgan fingerprint density at radius 3 is 2.87 bits per heavy atom. The maximum absolute atomic E-state index is 13.3. The lowest BCUT2D eigenvalue weighted by Gasteiger charge is -2.18. The molecule has 1 aliphatic heterocycles. The van der Waals surface area contributed by atoms with Crippen LogP contribution in [0.15, 0.2) is 18.2 Å². The Kier molecular flexibility index (Phi) is 2.44. The summed E-state index contributed by atoms with van der Waals surface area (Å²) in [7, 11) is 0. The van der Waals surface area contributed by atoms with Crippen LogP contribution >= 0.6 is 0 Å². The summed E-state index contributed by atoms with van der Waals surface area (Å²) in [6, 6.07) is 4.61. The van der Waals surface area contributed by atoms with Gasteiger partial charge in [0.05, 0.1) is 19.1 Å². The normalized spacial score (nSPS) is 21.1. The Hall–Kier alpha value is -1.42. The van der Waals surface area contributed by atoms with E-state index in [-0.39, 0.29) is 24.7 Å². The monoisotopic (exact) mass is 209 g/mol. The second-order valence-electron chi connectivity index (χ2n) is 3.75. The molecule has 0 spiro atoms. The molecule has 3 nitrogen and oxygen atoms in total. The molecule has 1 N–H and O–H groups in total. The van der Waals surface area contributed by atoms with E-state index in [9.17, 15) is 14.3 Å². The highest BCUT2D eigenvalue weighted by Crippen LogP contribution is 2.26. The van der Waals surface area contributed by atoms with Crippen LogP contribution in [0.25, 0.3) is 0 Å². The highest BCUT2D eigenvalue weighted by atomic mass is 19.1. The van der Waals surface area contributed by atoms with Gasteiger partial charge in [-0.2, -0.15) is 0 Å². The van der Waals surface area contributed by atoms with Crippen LogP contribution < -0.4 is 4.90 Å². The van der Waals surface area contributed by atoms with E-state index in [1.54, 1.807) is 19.1 Å². The standard InChI is InChI=1S/C11H12FNO2/c1-7-9(12)3-2-4-10(7)13-6-8(14)5-11(13)15/h2-4,8,14H,5-6H2,1H3. The molecule has 15 heavy (non-hydrogen) atoms. The quantitative estimate of drug-likeness (QED) is 0.755. The first-order valence-corrected chi connectivity index (χ1v) is 4.83. The molecule has 0 bridgehead atoms. The van der Waals surface area contributed by atoms with Crippen LogP contribution in [0, 0.1) is 12.7 Å². The number of aliphatic hydroxyl groups is 1. The lowest BCUT2D eigenvalue weighted by molar-refractivity contribution is -0.117. The van der Waals surface area contributed by atoms with Crippen molar-refractivity contribution < 1.29 is 14.3 Å². The molecular weight excluding hydrogens is 197 g/mol. The molecule has 1 heterocycles. The third-order valence-electron chi connectivity index (χ3n) is 2.63. The summed E-state index contributed by atoms with van der Waals surface area (Å²) >= 11 is 0. The minimum absolute atomic E-state index is 0.121. The number of halogens is 1. The molecule has 1 amide bonds. The average Bonchev–Trinajstić information content (AvgIpc) is 2.50. The molecule has 0 aliphatic carbocycles. The van der Waals surface area contributed by atoms with Crippen LogP contribution in [0.4, 0.5) is 10.1 Å². The van der Waals surface area contributed by atoms with Crippen LogP contribution in [0.3, 0.4) is 0 Å². The van der Waals surface area contributed by atoms with Crippen molar-refractivity contribution in [1.82, 2.24) is 0 Å². The van der Waals surface area contributed by atoms with Crippen LogP contribution in [0.2, 0.25) is 0 Å². The van der Waals surface area contributed by atoms with E-state index in [1.165, 1.54) is 11.0 Å². The fourth-order valence-electron chi connectivity index (χ4n) is 1.81. The Morgan fingerprint density at radius 1 is 1.53 bits per heavy atom. The molecule has 1 aromatic carbocycles. The van der Waals surface area contributed by atoms with Crippen molar-refractivity contribution >= 4 is 11.6 Å². The van der Waals surface area contributed by atoms with Crippen LogP contribution in [-0.4, -0.2) is 23.7 Å². The van der Waals surface area contributed by atoms with E-state index in [2.05, 4.69) is 0 Å². The zero-order valence-electron chi connectivity index (χ0n) is 8.40. The molecule has 0 radical (unpaired) electrons. The van der Waals surface area contributed by atoms with Gasteiger partial charge in [-0.3, -0.25) is 4.79 Å². The number of hydrogen-bond donors (Lipinski definition) is 1. The van der Waals surface area contributed by atoms with Gasteiger partial charge in [0.25, 0.3) is 0 Å². The summed E-state index contributed by atoms with van der Waals surface area (Å²) < 4.78 is 13.3. The van der Waals surface area contributed by atoms with Gasteiger partial charge >= 0.3 is 0 Å². The Balaban J connectivity index is 2.38. The number of nitrogens with zero attached hydrogens (tertiary/aromatic N) is 1. The highest BCUT2D eigenvalue weighted by molar-refractivity contribution is 5.96. The van der Waals surface area contributed by atoms with Gasteiger partial charge in [0.2, 0.25) is 5.91 Å². The van der Waals surface area contributed by atoms with Gasteiger partial charge in [-0.1, -0.05) is 6.07 Å². The maximum Gasteiger partial charge on any atom is 0.229 e. The number of hydrogen-bond acceptors (Lipinski definition) is 2. The summed E-state index contributed by atoms with van der Waals surface area (Å²) in [5.41, 5.74) is 0.997. The fourth-order valence-corrected chi connectivity index (χ4v) is 1.81. The lowest BCUT2D eigenvalue weighted by Crippen LogP contribution is -2.26. The summed E-state index contributed by atoms with van der Waals surface area (Å²) in [5, 5.41) is 9.34. The number of benzene rings is 1. The molecular formula is C11H12FNO2. The van der Waals surface area contributed by atoms with Gasteiger partial charge in [0.15, 0.2) is 0 Å². The van der Waals surface area contributed by atoms with Crippen molar-refractivity contribution in [1.29, 1.82) is 0 Å². The molecule has 1 fully saturated rings. The SMILES string of the molecule is Cc1c(F)cccc1N1CC(O)CC1=O.